The third kappa shape index (κ3) is 12.3. The Morgan fingerprint density at radius 3 is 1.17 bits per heavy atom. The lowest BCUT2D eigenvalue weighted by Gasteiger charge is -2.26. The lowest BCUT2D eigenvalue weighted by molar-refractivity contribution is -0.142. The zero-order valence-electron chi connectivity index (χ0n) is 26.6. The molecule has 3 rings (SSSR count). The molecule has 0 saturated carbocycles. The second kappa shape index (κ2) is 18.6. The summed E-state index contributed by atoms with van der Waals surface area (Å²) in [6.45, 7) is 1.49. The first-order valence-electron chi connectivity index (χ1n) is 15.5. The minimum Gasteiger partial charge on any atom is -0.480 e. The molecule has 5 amide bonds. The number of carboxylic acids is 1. The van der Waals surface area contributed by atoms with E-state index in [0.29, 0.717) is 11.1 Å². The lowest BCUT2D eigenvalue weighted by Crippen LogP contribution is -2.59. The molecule has 0 aliphatic rings. The van der Waals surface area contributed by atoms with Crippen LogP contribution < -0.4 is 32.7 Å². The van der Waals surface area contributed by atoms with Crippen LogP contribution in [0.5, 0.6) is 0 Å². The molecule has 3 aromatic carbocycles. The zero-order chi connectivity index (χ0) is 35.1. The molecular weight excluding hydrogens is 616 g/mol. The number of aliphatic carboxylic acids is 1. The molecule has 0 unspecified atom stereocenters. The molecule has 3 aromatic rings. The Hall–Kier alpha value is -5.56. The first kappa shape index (κ1) is 36.9. The van der Waals surface area contributed by atoms with Crippen molar-refractivity contribution in [2.24, 2.45) is 11.5 Å². The molecule has 48 heavy (non-hydrogen) atoms. The third-order valence-corrected chi connectivity index (χ3v) is 7.45. The van der Waals surface area contributed by atoms with E-state index in [4.69, 9.17) is 11.5 Å². The number of benzene rings is 3. The fraction of sp³-hybridized carbons (Fsp3) is 0.314. The number of nitrogens with two attached hydrogens (primary N) is 2. The average molecular weight is 659 g/mol. The number of carboxylic acid groups (broad SMARTS) is 1. The van der Waals surface area contributed by atoms with Crippen LogP contribution in [0.1, 0.15) is 36.5 Å². The predicted octanol–water partition coefficient (Wildman–Crippen LogP) is 0.351. The fourth-order valence-electron chi connectivity index (χ4n) is 4.84. The van der Waals surface area contributed by atoms with E-state index in [9.17, 15) is 33.9 Å². The van der Waals surface area contributed by atoms with Crippen LogP contribution in [0.25, 0.3) is 0 Å². The van der Waals surface area contributed by atoms with Gasteiger partial charge in [-0.05, 0) is 30.0 Å². The SMILES string of the molecule is C[C@H](N)C(=O)N[C@@H](Cc1ccccc1)C(=O)N[C@@H](Cc1ccccc1)C(=O)N[C@@H](Cc1ccccc1)C(=O)N[C@@H](CCC(N)=O)C(=O)O. The fourth-order valence-corrected chi connectivity index (χ4v) is 4.84. The van der Waals surface area contributed by atoms with Crippen molar-refractivity contribution in [1.29, 1.82) is 0 Å². The average Bonchev–Trinajstić information content (AvgIpc) is 3.06. The number of hydrogen-bond acceptors (Lipinski definition) is 7. The van der Waals surface area contributed by atoms with E-state index < -0.39 is 65.7 Å². The van der Waals surface area contributed by atoms with Crippen molar-refractivity contribution in [2.45, 2.75) is 69.2 Å². The van der Waals surface area contributed by atoms with E-state index in [1.165, 1.54) is 6.92 Å². The Morgan fingerprint density at radius 2 is 0.875 bits per heavy atom. The molecule has 0 radical (unpaired) electrons. The molecule has 0 spiro atoms. The van der Waals surface area contributed by atoms with Crippen LogP contribution in [0.15, 0.2) is 91.0 Å². The number of primary amides is 1. The van der Waals surface area contributed by atoms with Gasteiger partial charge in [-0.3, -0.25) is 24.0 Å². The second-order valence-corrected chi connectivity index (χ2v) is 11.4. The van der Waals surface area contributed by atoms with Crippen LogP contribution >= 0.6 is 0 Å². The van der Waals surface area contributed by atoms with Crippen LogP contribution in [0, 0.1) is 0 Å². The molecule has 254 valence electrons. The highest BCUT2D eigenvalue weighted by atomic mass is 16.4. The Kier molecular flexibility index (Phi) is 14.3. The molecule has 5 atom stereocenters. The van der Waals surface area contributed by atoms with E-state index in [1.807, 2.05) is 6.07 Å². The van der Waals surface area contributed by atoms with Crippen LogP contribution in [0.3, 0.4) is 0 Å². The Balaban J connectivity index is 1.90. The highest BCUT2D eigenvalue weighted by Crippen LogP contribution is 2.10. The molecule has 0 fully saturated rings. The van der Waals surface area contributed by atoms with Crippen molar-refractivity contribution in [3.63, 3.8) is 0 Å². The molecule has 0 heterocycles. The number of carbonyl (C=O) groups excluding carboxylic acids is 5. The second-order valence-electron chi connectivity index (χ2n) is 11.4. The van der Waals surface area contributed by atoms with Crippen molar-refractivity contribution >= 4 is 35.5 Å². The number of carbonyl (C=O) groups is 6. The summed E-state index contributed by atoms with van der Waals surface area (Å²) in [6.07, 6.45) is -0.375. The smallest absolute Gasteiger partial charge is 0.326 e. The maximum atomic E-state index is 13.9. The van der Waals surface area contributed by atoms with Crippen LogP contribution in [-0.4, -0.2) is 70.8 Å². The monoisotopic (exact) mass is 658 g/mol. The normalized spacial score (nSPS) is 13.9. The van der Waals surface area contributed by atoms with Gasteiger partial charge in [0.2, 0.25) is 29.5 Å². The molecule has 0 bridgehead atoms. The summed E-state index contributed by atoms with van der Waals surface area (Å²) in [6, 6.07) is 20.8. The van der Waals surface area contributed by atoms with Gasteiger partial charge in [-0.25, -0.2) is 4.79 Å². The number of amides is 5. The molecular formula is C35H42N6O7. The molecule has 9 N–H and O–H groups in total. The third-order valence-electron chi connectivity index (χ3n) is 7.45. The quantitative estimate of drug-likeness (QED) is 0.101. The highest BCUT2D eigenvalue weighted by Gasteiger charge is 2.32. The minimum atomic E-state index is -1.44. The summed E-state index contributed by atoms with van der Waals surface area (Å²) < 4.78 is 0. The van der Waals surface area contributed by atoms with Gasteiger partial charge in [-0.15, -0.1) is 0 Å². The van der Waals surface area contributed by atoms with Gasteiger partial charge < -0.3 is 37.8 Å². The molecule has 0 aliphatic carbocycles. The summed E-state index contributed by atoms with van der Waals surface area (Å²) in [4.78, 5) is 76.9. The van der Waals surface area contributed by atoms with Crippen LogP contribution in [-0.2, 0) is 48.0 Å². The minimum absolute atomic E-state index is 0.00630. The molecule has 0 aromatic heterocycles. The van der Waals surface area contributed by atoms with E-state index in [2.05, 4.69) is 21.3 Å². The van der Waals surface area contributed by atoms with Gasteiger partial charge in [0.25, 0.3) is 0 Å². The molecule has 13 heteroatoms. The van der Waals surface area contributed by atoms with E-state index >= 15 is 0 Å². The van der Waals surface area contributed by atoms with E-state index in [0.717, 1.165) is 5.56 Å². The Bertz CT molecular complexity index is 1540. The summed E-state index contributed by atoms with van der Waals surface area (Å²) in [7, 11) is 0. The largest absolute Gasteiger partial charge is 0.480 e. The number of rotatable bonds is 18. The van der Waals surface area contributed by atoms with E-state index in [-0.39, 0.29) is 32.1 Å². The Labute approximate surface area is 278 Å². The summed E-state index contributed by atoms with van der Waals surface area (Å²) in [5, 5.41) is 20.1. The van der Waals surface area contributed by atoms with Crippen molar-refractivity contribution < 1.29 is 33.9 Å². The summed E-state index contributed by atoms with van der Waals surface area (Å²) in [5.74, 6) is -4.83. The molecule has 0 saturated heterocycles. The van der Waals surface area contributed by atoms with Crippen molar-refractivity contribution in [1.82, 2.24) is 21.3 Å². The van der Waals surface area contributed by atoms with Crippen molar-refractivity contribution in [2.75, 3.05) is 0 Å². The van der Waals surface area contributed by atoms with Gasteiger partial charge in [0, 0.05) is 25.7 Å². The number of nitrogens with one attached hydrogen (secondary N) is 4. The van der Waals surface area contributed by atoms with Crippen molar-refractivity contribution in [3.8, 4) is 0 Å². The summed E-state index contributed by atoms with van der Waals surface area (Å²) in [5.41, 5.74) is 13.1. The highest BCUT2D eigenvalue weighted by molar-refractivity contribution is 5.95. The first-order valence-corrected chi connectivity index (χ1v) is 15.5. The van der Waals surface area contributed by atoms with Gasteiger partial charge >= 0.3 is 5.97 Å². The van der Waals surface area contributed by atoms with Gasteiger partial charge in [0.1, 0.15) is 24.2 Å². The van der Waals surface area contributed by atoms with Crippen molar-refractivity contribution in [3.05, 3.63) is 108 Å². The van der Waals surface area contributed by atoms with Gasteiger partial charge in [-0.2, -0.15) is 0 Å². The van der Waals surface area contributed by atoms with Gasteiger partial charge in [-0.1, -0.05) is 91.0 Å². The first-order chi connectivity index (χ1) is 22.9. The number of hydrogen-bond donors (Lipinski definition) is 7. The maximum absolute atomic E-state index is 13.9. The van der Waals surface area contributed by atoms with Gasteiger partial charge in [0.15, 0.2) is 0 Å². The zero-order valence-corrected chi connectivity index (χ0v) is 26.6. The Morgan fingerprint density at radius 1 is 0.562 bits per heavy atom. The molecule has 13 nitrogen and oxygen atoms in total. The summed E-state index contributed by atoms with van der Waals surface area (Å²) >= 11 is 0. The van der Waals surface area contributed by atoms with E-state index in [1.54, 1.807) is 84.9 Å². The maximum Gasteiger partial charge on any atom is 0.326 e. The topological polar surface area (TPSA) is 223 Å². The molecule has 0 aliphatic heterocycles. The van der Waals surface area contributed by atoms with Gasteiger partial charge in [0.05, 0.1) is 6.04 Å². The lowest BCUT2D eigenvalue weighted by atomic mass is 10.0. The standard InChI is InChI=1S/C35H42N6O7/c1-22(36)31(43)39-27(19-23-11-5-2-6-12-23)33(45)41-29(21-25-15-9-4-10-16-25)34(46)40-28(20-24-13-7-3-8-14-24)32(44)38-26(35(47)48)17-18-30(37)42/h2-16,22,26-29H,17-21,36H2,1H3,(H2,37,42)(H,38,44)(H,39,43)(H,40,46)(H,41,45)(H,47,48)/t22-,26-,27-,28-,29-/m0/s1. The van der Waals surface area contributed by atoms with Crippen LogP contribution in [0.2, 0.25) is 0 Å². The van der Waals surface area contributed by atoms with Crippen LogP contribution in [0.4, 0.5) is 0 Å². The predicted molar refractivity (Wildman–Crippen MR) is 178 cm³/mol.